The molecule has 6 nitrogen and oxygen atoms in total. The summed E-state index contributed by atoms with van der Waals surface area (Å²) in [6.45, 7) is 3.64. The van der Waals surface area contributed by atoms with Crippen molar-refractivity contribution >= 4 is 21.6 Å². The number of nitrogens with one attached hydrogen (secondary N) is 2. The maximum absolute atomic E-state index is 12.3. The first kappa shape index (κ1) is 19.4. The molecule has 7 heteroatoms. The summed E-state index contributed by atoms with van der Waals surface area (Å²) in [5, 5.41) is 2.85. The van der Waals surface area contributed by atoms with Gasteiger partial charge in [0.25, 0.3) is 5.91 Å². The molecule has 144 valence electrons. The highest BCUT2D eigenvalue weighted by Gasteiger charge is 2.28. The molecule has 1 aliphatic carbocycles. The molecule has 0 unspecified atom stereocenters. The summed E-state index contributed by atoms with van der Waals surface area (Å²) in [6, 6.07) is 12.3. The zero-order valence-electron chi connectivity index (χ0n) is 15.5. The Kier molecular flexibility index (Phi) is 5.82. The first-order chi connectivity index (χ1) is 12.9. The molecule has 0 aliphatic heterocycles. The molecular formula is C20H24N2O4S. The quantitative estimate of drug-likeness (QED) is 0.728. The fraction of sp³-hybridized carbons (Fsp3) is 0.350. The number of hydrogen-bond donors (Lipinski definition) is 2. The van der Waals surface area contributed by atoms with Crippen molar-refractivity contribution in [3.63, 3.8) is 0 Å². The van der Waals surface area contributed by atoms with Gasteiger partial charge in [-0.2, -0.15) is 0 Å². The van der Waals surface area contributed by atoms with Gasteiger partial charge in [0.1, 0.15) is 5.75 Å². The van der Waals surface area contributed by atoms with E-state index in [1.54, 1.807) is 19.1 Å². The maximum atomic E-state index is 12.3. The fourth-order valence-corrected chi connectivity index (χ4v) is 4.11. The van der Waals surface area contributed by atoms with Gasteiger partial charge in [-0.25, -0.2) is 13.1 Å². The minimum absolute atomic E-state index is 0.0564. The van der Waals surface area contributed by atoms with Gasteiger partial charge in [-0.15, -0.1) is 0 Å². The number of benzene rings is 2. The van der Waals surface area contributed by atoms with Crippen LogP contribution in [0, 0.1) is 6.92 Å². The van der Waals surface area contributed by atoms with Crippen LogP contribution in [0.2, 0.25) is 0 Å². The van der Waals surface area contributed by atoms with Crippen molar-refractivity contribution in [2.75, 3.05) is 11.9 Å². The van der Waals surface area contributed by atoms with Crippen LogP contribution >= 0.6 is 0 Å². The lowest BCUT2D eigenvalue weighted by molar-refractivity contribution is -0.118. The lowest BCUT2D eigenvalue weighted by Crippen LogP contribution is -2.25. The molecule has 27 heavy (non-hydrogen) atoms. The van der Waals surface area contributed by atoms with Crippen molar-refractivity contribution < 1.29 is 17.9 Å². The SMILES string of the molecule is CCc1ccccc1NC(=O)COc1ccc(S(=O)(=O)NC2CC2)cc1C. The second-order valence-electron chi connectivity index (χ2n) is 6.67. The van der Waals surface area contributed by atoms with Crippen LogP contribution in [0.15, 0.2) is 47.4 Å². The summed E-state index contributed by atoms with van der Waals surface area (Å²) in [4.78, 5) is 12.4. The van der Waals surface area contributed by atoms with Crippen LogP contribution in [-0.2, 0) is 21.2 Å². The van der Waals surface area contributed by atoms with Crippen molar-refractivity contribution in [1.29, 1.82) is 0 Å². The minimum Gasteiger partial charge on any atom is -0.483 e. The third-order valence-electron chi connectivity index (χ3n) is 4.39. The number of hydrogen-bond acceptors (Lipinski definition) is 4. The van der Waals surface area contributed by atoms with E-state index in [9.17, 15) is 13.2 Å². The van der Waals surface area contributed by atoms with Crippen LogP contribution < -0.4 is 14.8 Å². The van der Waals surface area contributed by atoms with Crippen LogP contribution in [0.5, 0.6) is 5.75 Å². The number of carbonyl (C=O) groups is 1. The largest absolute Gasteiger partial charge is 0.483 e. The molecule has 2 N–H and O–H groups in total. The Morgan fingerprint density at radius 3 is 2.59 bits per heavy atom. The monoisotopic (exact) mass is 388 g/mol. The Balaban J connectivity index is 1.61. The average Bonchev–Trinajstić information content (AvgIpc) is 3.44. The molecule has 0 heterocycles. The molecule has 2 aromatic rings. The molecule has 1 amide bonds. The van der Waals surface area contributed by atoms with Crippen LogP contribution in [0.3, 0.4) is 0 Å². The van der Waals surface area contributed by atoms with E-state index in [0.717, 1.165) is 30.5 Å². The zero-order valence-corrected chi connectivity index (χ0v) is 16.3. The van der Waals surface area contributed by atoms with Gasteiger partial charge in [0.15, 0.2) is 6.61 Å². The molecule has 0 saturated heterocycles. The first-order valence-corrected chi connectivity index (χ1v) is 10.5. The number of ether oxygens (including phenoxy) is 1. The maximum Gasteiger partial charge on any atom is 0.262 e. The molecule has 0 radical (unpaired) electrons. The molecule has 3 rings (SSSR count). The van der Waals surface area contributed by atoms with Gasteiger partial charge in [0, 0.05) is 11.7 Å². The van der Waals surface area contributed by atoms with Gasteiger partial charge < -0.3 is 10.1 Å². The van der Waals surface area contributed by atoms with E-state index in [0.29, 0.717) is 11.3 Å². The van der Waals surface area contributed by atoms with Gasteiger partial charge >= 0.3 is 0 Å². The summed E-state index contributed by atoms with van der Waals surface area (Å²) < 4.78 is 32.7. The van der Waals surface area contributed by atoms with Gasteiger partial charge in [-0.05, 0) is 61.6 Å². The number of carbonyl (C=O) groups excluding carboxylic acids is 1. The second kappa shape index (κ2) is 8.10. The lowest BCUT2D eigenvalue weighted by atomic mass is 10.1. The summed E-state index contributed by atoms with van der Waals surface area (Å²) in [5.41, 5.74) is 2.49. The van der Waals surface area contributed by atoms with Crippen molar-refractivity contribution in [3.05, 3.63) is 53.6 Å². The molecule has 1 aliphatic rings. The topological polar surface area (TPSA) is 84.5 Å². The first-order valence-electron chi connectivity index (χ1n) is 9.02. The molecule has 0 spiro atoms. The Morgan fingerprint density at radius 1 is 1.19 bits per heavy atom. The molecule has 0 atom stereocenters. The number of sulfonamides is 1. The molecule has 1 saturated carbocycles. The zero-order chi connectivity index (χ0) is 19.4. The highest BCUT2D eigenvalue weighted by molar-refractivity contribution is 7.89. The highest BCUT2D eigenvalue weighted by atomic mass is 32.2. The molecule has 0 aromatic heterocycles. The number of para-hydroxylation sites is 1. The Morgan fingerprint density at radius 2 is 1.93 bits per heavy atom. The standard InChI is InChI=1S/C20H24N2O4S/c1-3-15-6-4-5-7-18(15)21-20(23)13-26-19-11-10-17(12-14(19)2)27(24,25)22-16-8-9-16/h4-7,10-12,16,22H,3,8-9,13H2,1-2H3,(H,21,23). The number of anilines is 1. The summed E-state index contributed by atoms with van der Waals surface area (Å²) >= 11 is 0. The third kappa shape index (κ3) is 5.08. The van der Waals surface area contributed by atoms with E-state index >= 15 is 0 Å². The van der Waals surface area contributed by atoms with Gasteiger partial charge in [0.05, 0.1) is 4.90 Å². The van der Waals surface area contributed by atoms with Gasteiger partial charge in [-0.1, -0.05) is 25.1 Å². The minimum atomic E-state index is -3.50. The second-order valence-corrected chi connectivity index (χ2v) is 8.38. The number of aryl methyl sites for hydroxylation is 2. The average molecular weight is 388 g/mol. The van der Waals surface area contributed by atoms with Crippen LogP contribution in [-0.4, -0.2) is 27.0 Å². The van der Waals surface area contributed by atoms with E-state index in [1.165, 1.54) is 6.07 Å². The summed E-state index contributed by atoms with van der Waals surface area (Å²) in [7, 11) is -3.50. The molecule has 1 fully saturated rings. The van der Waals surface area contributed by atoms with E-state index in [2.05, 4.69) is 10.0 Å². The summed E-state index contributed by atoms with van der Waals surface area (Å²) in [5.74, 6) is 0.224. The Hall–Kier alpha value is -2.38. The van der Waals surface area contributed by atoms with Crippen LogP contribution in [0.1, 0.15) is 30.9 Å². The van der Waals surface area contributed by atoms with E-state index < -0.39 is 10.0 Å². The van der Waals surface area contributed by atoms with E-state index in [-0.39, 0.29) is 23.5 Å². The normalized spacial score (nSPS) is 14.0. The highest BCUT2D eigenvalue weighted by Crippen LogP contribution is 2.25. The number of amides is 1. The van der Waals surface area contributed by atoms with Crippen molar-refractivity contribution in [1.82, 2.24) is 4.72 Å². The van der Waals surface area contributed by atoms with Gasteiger partial charge in [0.2, 0.25) is 10.0 Å². The molecular weight excluding hydrogens is 364 g/mol. The third-order valence-corrected chi connectivity index (χ3v) is 5.91. The van der Waals surface area contributed by atoms with Crippen LogP contribution in [0.4, 0.5) is 5.69 Å². The van der Waals surface area contributed by atoms with Crippen molar-refractivity contribution in [3.8, 4) is 5.75 Å². The smallest absolute Gasteiger partial charge is 0.262 e. The van der Waals surface area contributed by atoms with E-state index in [4.69, 9.17) is 4.74 Å². The molecule has 2 aromatic carbocycles. The number of rotatable bonds is 8. The Bertz CT molecular complexity index is 937. The predicted octanol–water partition coefficient (Wildman–Crippen LogP) is 3.02. The fourth-order valence-electron chi connectivity index (χ4n) is 2.72. The van der Waals surface area contributed by atoms with E-state index in [1.807, 2.05) is 31.2 Å². The van der Waals surface area contributed by atoms with Crippen molar-refractivity contribution in [2.45, 2.75) is 44.0 Å². The predicted molar refractivity (Wildman–Crippen MR) is 104 cm³/mol. The summed E-state index contributed by atoms with van der Waals surface area (Å²) in [6.07, 6.45) is 2.59. The van der Waals surface area contributed by atoms with Gasteiger partial charge in [-0.3, -0.25) is 4.79 Å². The van der Waals surface area contributed by atoms with Crippen molar-refractivity contribution in [2.24, 2.45) is 0 Å². The lowest BCUT2D eigenvalue weighted by Gasteiger charge is -2.13. The Labute approximate surface area is 160 Å². The van der Waals surface area contributed by atoms with Crippen LogP contribution in [0.25, 0.3) is 0 Å². The molecule has 0 bridgehead atoms.